The van der Waals surface area contributed by atoms with Crippen LogP contribution in [0.2, 0.25) is 0 Å². The van der Waals surface area contributed by atoms with Crippen molar-refractivity contribution in [3.8, 4) is 11.3 Å². The largest absolute Gasteiger partial charge is 0.453 e. The first-order valence-electron chi connectivity index (χ1n) is 8.22. The van der Waals surface area contributed by atoms with Crippen molar-refractivity contribution in [2.24, 2.45) is 0 Å². The summed E-state index contributed by atoms with van der Waals surface area (Å²) in [5.74, 6) is 0.0379. The van der Waals surface area contributed by atoms with E-state index in [2.05, 4.69) is 32.6 Å². The molecule has 25 heavy (non-hydrogen) atoms. The van der Waals surface area contributed by atoms with Crippen molar-refractivity contribution < 1.29 is 9.53 Å². The lowest BCUT2D eigenvalue weighted by Gasteiger charge is -2.04. The lowest BCUT2D eigenvalue weighted by Crippen LogP contribution is -2.11. The van der Waals surface area contributed by atoms with Gasteiger partial charge in [-0.3, -0.25) is 5.10 Å². The Morgan fingerprint density at radius 3 is 2.84 bits per heavy atom. The lowest BCUT2D eigenvalue weighted by atomic mass is 10.1. The van der Waals surface area contributed by atoms with Crippen LogP contribution >= 0.6 is 0 Å². The molecule has 3 rings (SSSR count). The van der Waals surface area contributed by atoms with Gasteiger partial charge in [-0.05, 0) is 29.8 Å². The second-order valence-corrected chi connectivity index (χ2v) is 5.78. The minimum Gasteiger partial charge on any atom is -0.453 e. The molecule has 0 fully saturated rings. The van der Waals surface area contributed by atoms with E-state index in [9.17, 15) is 4.79 Å². The number of tetrazole rings is 1. The normalized spacial score (nSPS) is 10.8. The highest BCUT2D eigenvalue weighted by atomic mass is 16.5. The summed E-state index contributed by atoms with van der Waals surface area (Å²) in [5.41, 5.74) is 3.09. The number of carbonyl (C=O) groups is 1. The number of benzene rings is 1. The van der Waals surface area contributed by atoms with Crippen LogP contribution in [0.25, 0.3) is 11.3 Å². The van der Waals surface area contributed by atoms with Gasteiger partial charge in [-0.1, -0.05) is 43.2 Å². The second kappa shape index (κ2) is 7.69. The third kappa shape index (κ3) is 4.09. The lowest BCUT2D eigenvalue weighted by molar-refractivity contribution is 0.0449. The number of carbonyl (C=O) groups excluding carboxylic acids is 1. The van der Waals surface area contributed by atoms with Gasteiger partial charge >= 0.3 is 5.97 Å². The number of hydrogen-bond donors (Lipinski definition) is 1. The van der Waals surface area contributed by atoms with Crippen LogP contribution in [0.15, 0.2) is 30.3 Å². The van der Waals surface area contributed by atoms with Crippen LogP contribution in [-0.2, 0) is 17.9 Å². The van der Waals surface area contributed by atoms with E-state index in [0.717, 1.165) is 18.4 Å². The van der Waals surface area contributed by atoms with Gasteiger partial charge in [0.05, 0.1) is 5.69 Å². The number of aromatic nitrogens is 6. The van der Waals surface area contributed by atoms with Gasteiger partial charge in [-0.2, -0.15) is 5.10 Å². The molecule has 0 aliphatic heterocycles. The molecule has 1 N–H and O–H groups in total. The van der Waals surface area contributed by atoms with Crippen molar-refractivity contribution in [3.05, 3.63) is 47.4 Å². The highest BCUT2D eigenvalue weighted by molar-refractivity contribution is 5.88. The summed E-state index contributed by atoms with van der Waals surface area (Å²) in [4.78, 5) is 12.2. The molecule has 1 aromatic carbocycles. The average molecular weight is 340 g/mol. The van der Waals surface area contributed by atoms with E-state index in [-0.39, 0.29) is 6.61 Å². The summed E-state index contributed by atoms with van der Waals surface area (Å²) < 4.78 is 6.94. The molecule has 2 heterocycles. The number of unbranched alkanes of at least 4 members (excludes halogenated alkanes) is 1. The van der Waals surface area contributed by atoms with Gasteiger partial charge in [0, 0.05) is 12.1 Å². The topological polar surface area (TPSA) is 98.6 Å². The fraction of sp³-hybridized carbons (Fsp3) is 0.353. The molecule has 0 saturated heterocycles. The average Bonchev–Trinajstić information content (AvgIpc) is 3.28. The number of nitrogens with zero attached hydrogens (tertiary/aromatic N) is 5. The fourth-order valence-electron chi connectivity index (χ4n) is 2.31. The van der Waals surface area contributed by atoms with E-state index < -0.39 is 5.97 Å². The number of aryl methyl sites for hydroxylation is 2. The molecular formula is C17H20N6O2. The number of H-pyrrole nitrogens is 1. The van der Waals surface area contributed by atoms with Crippen LogP contribution in [0, 0.1) is 6.92 Å². The number of hydrogen-bond acceptors (Lipinski definition) is 6. The summed E-state index contributed by atoms with van der Waals surface area (Å²) in [6.45, 7) is 4.84. The first-order valence-corrected chi connectivity index (χ1v) is 8.22. The van der Waals surface area contributed by atoms with Gasteiger partial charge < -0.3 is 4.74 Å². The molecular weight excluding hydrogens is 320 g/mol. The number of esters is 1. The van der Waals surface area contributed by atoms with Crippen molar-refractivity contribution in [1.29, 1.82) is 0 Å². The zero-order valence-electron chi connectivity index (χ0n) is 14.3. The maximum Gasteiger partial charge on any atom is 0.356 e. The van der Waals surface area contributed by atoms with Crippen molar-refractivity contribution in [3.63, 3.8) is 0 Å². The van der Waals surface area contributed by atoms with E-state index in [0.29, 0.717) is 23.8 Å². The first kappa shape index (κ1) is 16.8. The minimum absolute atomic E-state index is 0.0223. The van der Waals surface area contributed by atoms with Crippen LogP contribution in [0.1, 0.15) is 41.6 Å². The molecule has 0 radical (unpaired) electrons. The zero-order chi connectivity index (χ0) is 17.6. The van der Waals surface area contributed by atoms with Crippen LogP contribution in [0.4, 0.5) is 0 Å². The summed E-state index contributed by atoms with van der Waals surface area (Å²) in [5, 5.41) is 18.3. The molecule has 2 aromatic heterocycles. The van der Waals surface area contributed by atoms with Gasteiger partial charge in [0.25, 0.3) is 0 Å². The molecule has 0 bridgehead atoms. The van der Waals surface area contributed by atoms with Gasteiger partial charge in [0.1, 0.15) is 5.69 Å². The van der Waals surface area contributed by atoms with E-state index in [1.807, 2.05) is 31.2 Å². The highest BCUT2D eigenvalue weighted by Crippen LogP contribution is 2.18. The standard InChI is InChI=1S/C17H20N6O2/c1-3-4-9-23-16(20-21-22-23)11-25-17(24)15-10-14(18-19-15)13-7-5-12(2)6-8-13/h5-8,10H,3-4,9,11H2,1-2H3,(H,18,19). The monoisotopic (exact) mass is 340 g/mol. The fourth-order valence-corrected chi connectivity index (χ4v) is 2.31. The highest BCUT2D eigenvalue weighted by Gasteiger charge is 2.14. The van der Waals surface area contributed by atoms with Gasteiger partial charge in [0.2, 0.25) is 0 Å². The Labute approximate surface area is 145 Å². The number of nitrogens with one attached hydrogen (secondary N) is 1. The van der Waals surface area contributed by atoms with Crippen LogP contribution < -0.4 is 0 Å². The molecule has 0 aliphatic rings. The maximum absolute atomic E-state index is 12.2. The predicted molar refractivity (Wildman–Crippen MR) is 90.6 cm³/mol. The third-order valence-electron chi connectivity index (χ3n) is 3.81. The third-order valence-corrected chi connectivity index (χ3v) is 3.81. The van der Waals surface area contributed by atoms with Crippen LogP contribution in [0.3, 0.4) is 0 Å². The minimum atomic E-state index is -0.490. The molecule has 0 amide bonds. The van der Waals surface area contributed by atoms with Gasteiger partial charge in [0.15, 0.2) is 12.4 Å². The number of aromatic amines is 1. The molecule has 130 valence electrons. The van der Waals surface area contributed by atoms with E-state index in [1.54, 1.807) is 10.7 Å². The van der Waals surface area contributed by atoms with Gasteiger partial charge in [-0.25, -0.2) is 9.48 Å². The first-order chi connectivity index (χ1) is 12.2. The van der Waals surface area contributed by atoms with E-state index >= 15 is 0 Å². The zero-order valence-corrected chi connectivity index (χ0v) is 14.3. The summed E-state index contributed by atoms with van der Waals surface area (Å²) in [7, 11) is 0. The summed E-state index contributed by atoms with van der Waals surface area (Å²) in [6.07, 6.45) is 2.00. The van der Waals surface area contributed by atoms with Crippen molar-refractivity contribution in [2.45, 2.75) is 39.8 Å². The molecule has 0 spiro atoms. The molecule has 8 heteroatoms. The Balaban J connectivity index is 1.62. The predicted octanol–water partition coefficient (Wildman–Crippen LogP) is 2.53. The number of rotatable bonds is 7. The van der Waals surface area contributed by atoms with Gasteiger partial charge in [-0.15, -0.1) is 5.10 Å². The maximum atomic E-state index is 12.2. The van der Waals surface area contributed by atoms with Crippen LogP contribution in [-0.4, -0.2) is 36.4 Å². The Morgan fingerprint density at radius 2 is 2.08 bits per heavy atom. The van der Waals surface area contributed by atoms with E-state index in [4.69, 9.17) is 4.74 Å². The Kier molecular flexibility index (Phi) is 5.17. The van der Waals surface area contributed by atoms with Crippen molar-refractivity contribution in [1.82, 2.24) is 30.4 Å². The molecule has 0 atom stereocenters. The van der Waals surface area contributed by atoms with Crippen LogP contribution in [0.5, 0.6) is 0 Å². The Bertz CT molecular complexity index is 837. The SMILES string of the molecule is CCCCn1nnnc1COC(=O)c1cc(-c2ccc(C)cc2)n[nH]1. The Morgan fingerprint density at radius 1 is 1.28 bits per heavy atom. The number of ether oxygens (including phenoxy) is 1. The smallest absolute Gasteiger partial charge is 0.356 e. The molecule has 8 nitrogen and oxygen atoms in total. The Hall–Kier alpha value is -3.03. The van der Waals surface area contributed by atoms with Crippen molar-refractivity contribution >= 4 is 5.97 Å². The van der Waals surface area contributed by atoms with E-state index in [1.165, 1.54) is 5.56 Å². The molecule has 0 aliphatic carbocycles. The molecule has 0 saturated carbocycles. The summed E-state index contributed by atoms with van der Waals surface area (Å²) in [6, 6.07) is 9.59. The molecule has 3 aromatic rings. The quantitative estimate of drug-likeness (QED) is 0.664. The second-order valence-electron chi connectivity index (χ2n) is 5.78. The summed E-state index contributed by atoms with van der Waals surface area (Å²) >= 11 is 0. The van der Waals surface area contributed by atoms with Crippen molar-refractivity contribution in [2.75, 3.05) is 0 Å². The molecule has 0 unspecified atom stereocenters.